The molecule has 0 bridgehead atoms. The Morgan fingerprint density at radius 3 is 2.18 bits per heavy atom. The average molecular weight is 477 g/mol. The molecule has 0 saturated carbocycles. The fourth-order valence-corrected chi connectivity index (χ4v) is 4.15. The predicted molar refractivity (Wildman–Crippen MR) is 131 cm³/mol. The fourth-order valence-electron chi connectivity index (χ4n) is 4.02. The zero-order valence-electron chi connectivity index (χ0n) is 19.0. The first-order valence-electron chi connectivity index (χ1n) is 11.1. The highest BCUT2D eigenvalue weighted by Crippen LogP contribution is 2.28. The van der Waals surface area contributed by atoms with E-state index >= 15 is 0 Å². The van der Waals surface area contributed by atoms with Gasteiger partial charge in [-0.25, -0.2) is 4.90 Å². The van der Waals surface area contributed by atoms with Gasteiger partial charge in [0.1, 0.15) is 11.8 Å². The summed E-state index contributed by atoms with van der Waals surface area (Å²) in [5.74, 6) is -0.400. The Balaban J connectivity index is 1.66. The van der Waals surface area contributed by atoms with E-state index in [0.29, 0.717) is 22.0 Å². The number of ether oxygens (including phenoxy) is 1. The van der Waals surface area contributed by atoms with Gasteiger partial charge in [0.15, 0.2) is 0 Å². The van der Waals surface area contributed by atoms with Crippen LogP contribution in [-0.4, -0.2) is 35.8 Å². The molecule has 3 aromatic carbocycles. The number of methoxy groups -OCH3 is 1. The molecule has 0 aromatic heterocycles. The number of halogens is 1. The van der Waals surface area contributed by atoms with Crippen molar-refractivity contribution in [3.63, 3.8) is 0 Å². The van der Waals surface area contributed by atoms with E-state index in [1.54, 1.807) is 55.6 Å². The number of hydrogen-bond acceptors (Lipinski definition) is 4. The summed E-state index contributed by atoms with van der Waals surface area (Å²) in [6.07, 6.45) is 0.778. The van der Waals surface area contributed by atoms with E-state index in [-0.39, 0.29) is 24.8 Å². The maximum atomic E-state index is 13.5. The molecule has 0 spiro atoms. The number of amides is 3. The van der Waals surface area contributed by atoms with Gasteiger partial charge >= 0.3 is 0 Å². The molecule has 3 aromatic rings. The molecule has 0 N–H and O–H groups in total. The Morgan fingerprint density at radius 1 is 0.971 bits per heavy atom. The van der Waals surface area contributed by atoms with E-state index in [2.05, 4.69) is 0 Å². The first kappa shape index (κ1) is 23.5. The van der Waals surface area contributed by atoms with Crippen molar-refractivity contribution in [3.8, 4) is 5.75 Å². The zero-order valence-corrected chi connectivity index (χ0v) is 19.8. The molecule has 34 heavy (non-hydrogen) atoms. The minimum Gasteiger partial charge on any atom is -0.497 e. The standard InChI is InChI=1S/C27H25ClN2O4/c1-3-18-4-12-22(13-5-18)30-25(31)16-24(27(30)33)29(17-19-6-14-23(34-2)15-7-19)26(32)20-8-10-21(28)11-9-20/h4-15,24H,3,16-17H2,1-2H3. The number of nitrogens with zero attached hydrogens (tertiary/aromatic N) is 2. The minimum atomic E-state index is -0.913. The lowest BCUT2D eigenvalue weighted by molar-refractivity contribution is -0.122. The van der Waals surface area contributed by atoms with E-state index in [0.717, 1.165) is 17.5 Å². The van der Waals surface area contributed by atoms with Crippen LogP contribution in [-0.2, 0) is 22.6 Å². The topological polar surface area (TPSA) is 66.9 Å². The maximum absolute atomic E-state index is 13.5. The first-order chi connectivity index (χ1) is 16.4. The lowest BCUT2D eigenvalue weighted by Gasteiger charge is -2.28. The highest BCUT2D eigenvalue weighted by atomic mass is 35.5. The molecule has 1 fully saturated rings. The summed E-state index contributed by atoms with van der Waals surface area (Å²) in [5, 5.41) is 0.507. The summed E-state index contributed by atoms with van der Waals surface area (Å²) in [7, 11) is 1.58. The van der Waals surface area contributed by atoms with Gasteiger partial charge in [0.05, 0.1) is 19.2 Å². The van der Waals surface area contributed by atoms with E-state index in [9.17, 15) is 14.4 Å². The molecule has 4 rings (SSSR count). The Hall–Kier alpha value is -3.64. The van der Waals surface area contributed by atoms with Crippen molar-refractivity contribution in [2.45, 2.75) is 32.4 Å². The van der Waals surface area contributed by atoms with E-state index in [1.807, 2.05) is 31.2 Å². The molecule has 6 nitrogen and oxygen atoms in total. The van der Waals surface area contributed by atoms with Crippen molar-refractivity contribution < 1.29 is 19.1 Å². The number of hydrogen-bond donors (Lipinski definition) is 0. The SMILES string of the molecule is CCc1ccc(N2C(=O)CC(N(Cc3ccc(OC)cc3)C(=O)c3ccc(Cl)cc3)C2=O)cc1. The summed E-state index contributed by atoms with van der Waals surface area (Å²) in [6, 6.07) is 20.2. The highest BCUT2D eigenvalue weighted by Gasteiger charge is 2.44. The Labute approximate surface area is 203 Å². The number of aryl methyl sites for hydroxylation is 1. The zero-order chi connectivity index (χ0) is 24.2. The molecular weight excluding hydrogens is 452 g/mol. The number of benzene rings is 3. The second-order valence-corrected chi connectivity index (χ2v) is 8.53. The van der Waals surface area contributed by atoms with Gasteiger partial charge < -0.3 is 9.64 Å². The fraction of sp³-hybridized carbons (Fsp3) is 0.222. The molecular formula is C27H25ClN2O4. The predicted octanol–water partition coefficient (Wildman–Crippen LogP) is 4.89. The summed E-state index contributed by atoms with van der Waals surface area (Å²) in [5.41, 5.74) is 2.83. The number of carbonyl (C=O) groups is 3. The molecule has 0 aliphatic carbocycles. The summed E-state index contributed by atoms with van der Waals surface area (Å²) >= 11 is 5.99. The van der Waals surface area contributed by atoms with Crippen molar-refractivity contribution in [2.75, 3.05) is 12.0 Å². The van der Waals surface area contributed by atoms with Crippen LogP contribution in [0.5, 0.6) is 5.75 Å². The molecule has 3 amide bonds. The van der Waals surface area contributed by atoms with Crippen LogP contribution in [0.15, 0.2) is 72.8 Å². The lowest BCUT2D eigenvalue weighted by Crippen LogP contribution is -2.45. The van der Waals surface area contributed by atoms with Crippen molar-refractivity contribution in [1.29, 1.82) is 0 Å². The molecule has 1 aliphatic rings. The molecule has 1 heterocycles. The highest BCUT2D eigenvalue weighted by molar-refractivity contribution is 6.30. The summed E-state index contributed by atoms with van der Waals surface area (Å²) < 4.78 is 5.21. The number of imide groups is 1. The molecule has 1 atom stereocenters. The monoisotopic (exact) mass is 476 g/mol. The van der Waals surface area contributed by atoms with E-state index in [4.69, 9.17) is 16.3 Å². The largest absolute Gasteiger partial charge is 0.497 e. The van der Waals surface area contributed by atoms with Crippen LogP contribution < -0.4 is 9.64 Å². The number of rotatable bonds is 7. The van der Waals surface area contributed by atoms with Gasteiger partial charge in [-0.3, -0.25) is 14.4 Å². The second-order valence-electron chi connectivity index (χ2n) is 8.10. The average Bonchev–Trinajstić information content (AvgIpc) is 3.16. The van der Waals surface area contributed by atoms with Crippen LogP contribution in [0.25, 0.3) is 0 Å². The number of anilines is 1. The normalized spacial score (nSPS) is 15.5. The molecule has 0 radical (unpaired) electrons. The summed E-state index contributed by atoms with van der Waals surface area (Å²) in [4.78, 5) is 42.6. The van der Waals surface area contributed by atoms with E-state index < -0.39 is 11.9 Å². The van der Waals surface area contributed by atoms with Crippen LogP contribution in [0, 0.1) is 0 Å². The van der Waals surface area contributed by atoms with Gasteiger partial charge in [-0.05, 0) is 66.1 Å². The van der Waals surface area contributed by atoms with Gasteiger partial charge in [-0.2, -0.15) is 0 Å². The van der Waals surface area contributed by atoms with Gasteiger partial charge in [-0.15, -0.1) is 0 Å². The van der Waals surface area contributed by atoms with Crippen molar-refractivity contribution in [1.82, 2.24) is 4.90 Å². The van der Waals surface area contributed by atoms with Crippen LogP contribution in [0.4, 0.5) is 5.69 Å². The van der Waals surface area contributed by atoms with Crippen molar-refractivity contribution in [3.05, 3.63) is 94.5 Å². The Morgan fingerprint density at radius 2 is 1.59 bits per heavy atom. The van der Waals surface area contributed by atoms with Crippen LogP contribution in [0.3, 0.4) is 0 Å². The third kappa shape index (κ3) is 4.82. The molecule has 174 valence electrons. The smallest absolute Gasteiger partial charge is 0.257 e. The molecule has 1 aliphatic heterocycles. The van der Waals surface area contributed by atoms with Gasteiger partial charge in [0, 0.05) is 17.1 Å². The molecule has 7 heteroatoms. The minimum absolute atomic E-state index is 0.0795. The first-order valence-corrected chi connectivity index (χ1v) is 11.4. The Kier molecular flexibility index (Phi) is 6.98. The third-order valence-electron chi connectivity index (χ3n) is 5.97. The second kappa shape index (κ2) is 10.1. The van der Waals surface area contributed by atoms with Crippen LogP contribution >= 0.6 is 11.6 Å². The molecule has 1 unspecified atom stereocenters. The third-order valence-corrected chi connectivity index (χ3v) is 6.22. The molecule has 1 saturated heterocycles. The quantitative estimate of drug-likeness (QED) is 0.455. The van der Waals surface area contributed by atoms with Crippen molar-refractivity contribution in [2.24, 2.45) is 0 Å². The van der Waals surface area contributed by atoms with Gasteiger partial charge in [0.2, 0.25) is 5.91 Å². The maximum Gasteiger partial charge on any atom is 0.257 e. The number of carbonyl (C=O) groups excluding carboxylic acids is 3. The summed E-state index contributed by atoms with van der Waals surface area (Å²) in [6.45, 7) is 2.20. The van der Waals surface area contributed by atoms with Crippen LogP contribution in [0.2, 0.25) is 5.02 Å². The van der Waals surface area contributed by atoms with E-state index in [1.165, 1.54) is 9.80 Å². The van der Waals surface area contributed by atoms with Gasteiger partial charge in [-0.1, -0.05) is 42.8 Å². The van der Waals surface area contributed by atoms with Gasteiger partial charge in [0.25, 0.3) is 11.8 Å². The van der Waals surface area contributed by atoms with Crippen LogP contribution in [0.1, 0.15) is 34.8 Å². The lowest BCUT2D eigenvalue weighted by atomic mass is 10.1. The van der Waals surface area contributed by atoms with Crippen molar-refractivity contribution >= 4 is 35.0 Å². The Bertz CT molecular complexity index is 1190.